The average molecular weight is 454 g/mol. The van der Waals surface area contributed by atoms with Crippen molar-refractivity contribution in [1.82, 2.24) is 14.7 Å². The van der Waals surface area contributed by atoms with Crippen molar-refractivity contribution in [3.63, 3.8) is 0 Å². The van der Waals surface area contributed by atoms with Crippen LogP contribution in [0.15, 0.2) is 54.7 Å². The van der Waals surface area contributed by atoms with Gasteiger partial charge >= 0.3 is 0 Å². The molecule has 0 radical (unpaired) electrons. The molecule has 3 heterocycles. The lowest BCUT2D eigenvalue weighted by Gasteiger charge is -2.20. The predicted molar refractivity (Wildman–Crippen MR) is 117 cm³/mol. The quantitative estimate of drug-likeness (QED) is 0.547. The van der Waals surface area contributed by atoms with Gasteiger partial charge in [-0.15, -0.1) is 0 Å². The van der Waals surface area contributed by atoms with E-state index in [0.29, 0.717) is 40.9 Å². The molecule has 156 valence electrons. The Labute approximate surface area is 188 Å². The first-order chi connectivity index (χ1) is 15.0. The Bertz CT molecular complexity index is 1210. The second-order valence-corrected chi connectivity index (χ2v) is 8.24. The minimum atomic E-state index is -0.282. The molecule has 1 aromatic heterocycles. The zero-order valence-electron chi connectivity index (χ0n) is 16.3. The minimum Gasteiger partial charge on any atom is -0.372 e. The second-order valence-electron chi connectivity index (χ2n) is 7.40. The molecule has 0 fully saturated rings. The van der Waals surface area contributed by atoms with Crippen molar-refractivity contribution in [2.75, 3.05) is 13.2 Å². The molecule has 8 heteroatoms. The van der Waals surface area contributed by atoms with Crippen molar-refractivity contribution in [3.8, 4) is 0 Å². The van der Waals surface area contributed by atoms with Gasteiger partial charge < -0.3 is 4.74 Å². The standard InChI is InChI=1S/C23H17Cl2N3O3/c24-17-6-5-14(20(25)9-17)11-28-21-15(12-31-13-16(21)10-26-28)7-8-27-22(29)18-3-1-2-4-19(18)23(27)30/h1-7,9-10H,8,11-13H2. The normalized spacial score (nSPS) is 16.7. The number of hydrogen-bond donors (Lipinski definition) is 0. The van der Waals surface area contributed by atoms with E-state index in [1.165, 1.54) is 4.90 Å². The fraction of sp³-hybridized carbons (Fsp3) is 0.174. The van der Waals surface area contributed by atoms with Gasteiger partial charge in [-0.05, 0) is 29.8 Å². The van der Waals surface area contributed by atoms with Crippen molar-refractivity contribution in [3.05, 3.63) is 92.7 Å². The van der Waals surface area contributed by atoms with E-state index in [1.807, 2.05) is 16.8 Å². The van der Waals surface area contributed by atoms with Crippen LogP contribution in [0.25, 0.3) is 5.57 Å². The largest absolute Gasteiger partial charge is 0.372 e. The highest BCUT2D eigenvalue weighted by molar-refractivity contribution is 6.35. The van der Waals surface area contributed by atoms with Crippen LogP contribution in [-0.4, -0.2) is 39.6 Å². The molecule has 31 heavy (non-hydrogen) atoms. The summed E-state index contributed by atoms with van der Waals surface area (Å²) in [5, 5.41) is 5.65. The summed E-state index contributed by atoms with van der Waals surface area (Å²) in [6, 6.07) is 12.2. The van der Waals surface area contributed by atoms with Gasteiger partial charge in [0, 0.05) is 27.7 Å². The van der Waals surface area contributed by atoms with Crippen LogP contribution in [0, 0.1) is 0 Å². The fourth-order valence-electron chi connectivity index (χ4n) is 3.93. The number of amides is 2. The van der Waals surface area contributed by atoms with E-state index in [0.717, 1.165) is 22.4 Å². The smallest absolute Gasteiger partial charge is 0.261 e. The summed E-state index contributed by atoms with van der Waals surface area (Å²) in [4.78, 5) is 26.6. The van der Waals surface area contributed by atoms with Gasteiger partial charge in [-0.1, -0.05) is 47.5 Å². The number of halogens is 2. The monoisotopic (exact) mass is 453 g/mol. The van der Waals surface area contributed by atoms with Crippen molar-refractivity contribution in [2.24, 2.45) is 0 Å². The zero-order valence-corrected chi connectivity index (χ0v) is 17.9. The summed E-state index contributed by atoms with van der Waals surface area (Å²) in [7, 11) is 0. The summed E-state index contributed by atoms with van der Waals surface area (Å²) in [5.74, 6) is -0.563. The fourth-order valence-corrected chi connectivity index (χ4v) is 4.40. The lowest BCUT2D eigenvalue weighted by molar-refractivity contribution is 0.0671. The molecular weight excluding hydrogens is 437 g/mol. The van der Waals surface area contributed by atoms with E-state index in [2.05, 4.69) is 5.10 Å². The number of nitrogens with zero attached hydrogens (tertiary/aromatic N) is 3. The van der Waals surface area contributed by atoms with Crippen LogP contribution in [0.2, 0.25) is 10.0 Å². The van der Waals surface area contributed by atoms with Crippen molar-refractivity contribution in [1.29, 1.82) is 0 Å². The van der Waals surface area contributed by atoms with E-state index in [-0.39, 0.29) is 18.4 Å². The first-order valence-electron chi connectivity index (χ1n) is 9.74. The number of carbonyl (C=O) groups excluding carboxylic acids is 2. The van der Waals surface area contributed by atoms with Gasteiger partial charge in [0.1, 0.15) is 0 Å². The Hall–Kier alpha value is -2.93. The van der Waals surface area contributed by atoms with Crippen LogP contribution < -0.4 is 0 Å². The van der Waals surface area contributed by atoms with Crippen molar-refractivity contribution < 1.29 is 14.3 Å². The molecule has 0 saturated carbocycles. The molecule has 2 aliphatic rings. The van der Waals surface area contributed by atoms with Crippen LogP contribution >= 0.6 is 23.2 Å². The highest BCUT2D eigenvalue weighted by atomic mass is 35.5. The molecule has 3 aromatic rings. The Morgan fingerprint density at radius 2 is 1.77 bits per heavy atom. The molecule has 0 N–H and O–H groups in total. The minimum absolute atomic E-state index is 0.164. The number of aromatic nitrogens is 2. The number of carbonyl (C=O) groups is 2. The van der Waals surface area contributed by atoms with E-state index < -0.39 is 0 Å². The summed E-state index contributed by atoms with van der Waals surface area (Å²) in [6.07, 6.45) is 3.63. The molecule has 0 unspecified atom stereocenters. The summed E-state index contributed by atoms with van der Waals surface area (Å²) in [6.45, 7) is 1.46. The summed E-state index contributed by atoms with van der Waals surface area (Å²) >= 11 is 12.3. The SMILES string of the molecule is O=C1c2ccccc2C(=O)N1CC=C1COCc2cnn(Cc3ccc(Cl)cc3Cl)c21. The molecule has 0 saturated heterocycles. The number of ether oxygens (including phenoxy) is 1. The lowest BCUT2D eigenvalue weighted by Crippen LogP contribution is -2.30. The number of benzene rings is 2. The molecule has 0 spiro atoms. The predicted octanol–water partition coefficient (Wildman–Crippen LogP) is 4.45. The van der Waals surface area contributed by atoms with E-state index in [1.54, 1.807) is 42.6 Å². The molecule has 0 aliphatic carbocycles. The van der Waals surface area contributed by atoms with Gasteiger partial charge in [0.05, 0.1) is 42.8 Å². The number of imide groups is 1. The first-order valence-corrected chi connectivity index (χ1v) is 10.5. The number of hydrogen-bond acceptors (Lipinski definition) is 4. The van der Waals surface area contributed by atoms with Gasteiger partial charge in [-0.3, -0.25) is 19.2 Å². The lowest BCUT2D eigenvalue weighted by atomic mass is 10.1. The molecule has 5 rings (SSSR count). The van der Waals surface area contributed by atoms with Crippen LogP contribution in [0.3, 0.4) is 0 Å². The van der Waals surface area contributed by atoms with Gasteiger partial charge in [0.2, 0.25) is 0 Å². The molecule has 2 aromatic carbocycles. The third-order valence-corrected chi connectivity index (χ3v) is 6.06. The summed E-state index contributed by atoms with van der Waals surface area (Å²) < 4.78 is 7.55. The molecule has 2 amide bonds. The Balaban J connectivity index is 1.43. The van der Waals surface area contributed by atoms with Gasteiger partial charge in [0.25, 0.3) is 11.8 Å². The van der Waals surface area contributed by atoms with Crippen LogP contribution in [0.4, 0.5) is 0 Å². The second kappa shape index (κ2) is 7.96. The number of fused-ring (bicyclic) bond motifs is 2. The van der Waals surface area contributed by atoms with Crippen molar-refractivity contribution >= 4 is 40.6 Å². The Morgan fingerprint density at radius 1 is 1.03 bits per heavy atom. The zero-order chi connectivity index (χ0) is 21.5. The highest BCUT2D eigenvalue weighted by Gasteiger charge is 2.34. The van der Waals surface area contributed by atoms with Gasteiger partial charge in [-0.25, -0.2) is 0 Å². The van der Waals surface area contributed by atoms with Gasteiger partial charge in [-0.2, -0.15) is 5.10 Å². The third kappa shape index (κ3) is 3.57. The first kappa shape index (κ1) is 20.0. The highest BCUT2D eigenvalue weighted by Crippen LogP contribution is 2.29. The molecule has 0 bridgehead atoms. The molecule has 6 nitrogen and oxygen atoms in total. The average Bonchev–Trinajstić information content (AvgIpc) is 3.29. The number of rotatable bonds is 4. The van der Waals surface area contributed by atoms with Crippen molar-refractivity contribution in [2.45, 2.75) is 13.2 Å². The van der Waals surface area contributed by atoms with E-state index in [4.69, 9.17) is 27.9 Å². The maximum absolute atomic E-state index is 12.7. The molecule has 0 atom stereocenters. The van der Waals surface area contributed by atoms with Crippen LogP contribution in [0.1, 0.15) is 37.5 Å². The molecule has 2 aliphatic heterocycles. The Morgan fingerprint density at radius 3 is 2.48 bits per heavy atom. The van der Waals surface area contributed by atoms with Crippen LogP contribution in [-0.2, 0) is 17.9 Å². The van der Waals surface area contributed by atoms with E-state index >= 15 is 0 Å². The maximum atomic E-state index is 12.7. The van der Waals surface area contributed by atoms with Gasteiger partial charge in [0.15, 0.2) is 0 Å². The molecular formula is C23H17Cl2N3O3. The third-order valence-electron chi connectivity index (χ3n) is 5.47. The Kier molecular flexibility index (Phi) is 5.14. The van der Waals surface area contributed by atoms with E-state index in [9.17, 15) is 9.59 Å². The van der Waals surface area contributed by atoms with Crippen LogP contribution in [0.5, 0.6) is 0 Å². The topological polar surface area (TPSA) is 64.4 Å². The summed E-state index contributed by atoms with van der Waals surface area (Å²) in [5.41, 5.74) is 4.52. The maximum Gasteiger partial charge on any atom is 0.261 e.